The van der Waals surface area contributed by atoms with Crippen molar-refractivity contribution < 1.29 is 28.8 Å². The summed E-state index contributed by atoms with van der Waals surface area (Å²) in [6.07, 6.45) is 1.32. The van der Waals surface area contributed by atoms with Crippen LogP contribution in [0, 0.1) is 0 Å². The number of aromatic nitrogens is 2. The van der Waals surface area contributed by atoms with Crippen molar-refractivity contribution in [3.05, 3.63) is 47.9 Å². The lowest BCUT2D eigenvalue weighted by molar-refractivity contribution is -0.149. The number of hydrogen-bond acceptors (Lipinski definition) is 7. The Morgan fingerprint density at radius 2 is 2.12 bits per heavy atom. The molecule has 0 bridgehead atoms. The molecule has 1 unspecified atom stereocenters. The molecule has 0 radical (unpaired) electrons. The van der Waals surface area contributed by atoms with Gasteiger partial charge in [-0.25, -0.2) is 14.8 Å². The quantitative estimate of drug-likeness (QED) is 0.847. The third-order valence-electron chi connectivity index (χ3n) is 3.85. The maximum atomic E-state index is 11.7. The van der Waals surface area contributed by atoms with Crippen molar-refractivity contribution in [3.8, 4) is 11.6 Å². The Kier molecular flexibility index (Phi) is 4.82. The summed E-state index contributed by atoms with van der Waals surface area (Å²) >= 11 is 0. The van der Waals surface area contributed by atoms with Crippen LogP contribution in [0.25, 0.3) is 0 Å². The number of aliphatic carboxylic acids is 1. The number of rotatable bonds is 6. The molecule has 0 spiro atoms. The fourth-order valence-corrected chi connectivity index (χ4v) is 2.60. The Bertz CT molecular complexity index is 760. The van der Waals surface area contributed by atoms with Gasteiger partial charge in [0.15, 0.2) is 5.79 Å². The van der Waals surface area contributed by atoms with E-state index in [2.05, 4.69) is 9.97 Å². The number of nitrogens with zero attached hydrogens (tertiary/aromatic N) is 2. The Hall–Kier alpha value is -2.71. The van der Waals surface area contributed by atoms with E-state index in [0.717, 1.165) is 5.56 Å². The predicted molar refractivity (Wildman–Crippen MR) is 85.3 cm³/mol. The Balaban J connectivity index is 1.90. The monoisotopic (exact) mass is 346 g/mol. The summed E-state index contributed by atoms with van der Waals surface area (Å²) < 4.78 is 22.0. The van der Waals surface area contributed by atoms with Gasteiger partial charge in [-0.1, -0.05) is 12.1 Å². The van der Waals surface area contributed by atoms with Crippen LogP contribution in [0.2, 0.25) is 0 Å². The molecule has 1 aromatic carbocycles. The predicted octanol–water partition coefficient (Wildman–Crippen LogP) is 1.91. The van der Waals surface area contributed by atoms with Gasteiger partial charge in [-0.05, 0) is 19.1 Å². The summed E-state index contributed by atoms with van der Waals surface area (Å²) in [4.78, 5) is 19.5. The number of carbonyl (C=O) groups is 1. The minimum Gasteiger partial charge on any atom is -0.481 e. The van der Waals surface area contributed by atoms with Crippen molar-refractivity contribution in [2.75, 3.05) is 20.3 Å². The summed E-state index contributed by atoms with van der Waals surface area (Å²) in [5.74, 6) is -1.55. The summed E-state index contributed by atoms with van der Waals surface area (Å²) in [5.41, 5.74) is 0.963. The van der Waals surface area contributed by atoms with Gasteiger partial charge in [0.05, 0.1) is 25.9 Å². The third kappa shape index (κ3) is 3.54. The van der Waals surface area contributed by atoms with Gasteiger partial charge in [0.1, 0.15) is 12.1 Å². The molecule has 1 aliphatic rings. The van der Waals surface area contributed by atoms with E-state index in [1.54, 1.807) is 18.2 Å². The van der Waals surface area contributed by atoms with Gasteiger partial charge in [-0.2, -0.15) is 0 Å². The fraction of sp³-hybridized carbons (Fsp3) is 0.353. The second kappa shape index (κ2) is 7.04. The second-order valence-corrected chi connectivity index (χ2v) is 5.49. The van der Waals surface area contributed by atoms with E-state index in [-0.39, 0.29) is 11.4 Å². The minimum atomic E-state index is -1.32. The van der Waals surface area contributed by atoms with Crippen molar-refractivity contribution in [1.29, 1.82) is 0 Å². The summed E-state index contributed by atoms with van der Waals surface area (Å²) in [6, 6.07) is 6.93. The van der Waals surface area contributed by atoms with Crippen LogP contribution in [0.4, 0.5) is 0 Å². The first-order valence-corrected chi connectivity index (χ1v) is 7.65. The van der Waals surface area contributed by atoms with E-state index in [1.165, 1.54) is 19.6 Å². The van der Waals surface area contributed by atoms with Gasteiger partial charge in [0.25, 0.3) is 0 Å². The summed E-state index contributed by atoms with van der Waals surface area (Å²) in [6.45, 7) is 2.80. The molecule has 3 rings (SSSR count). The highest BCUT2D eigenvalue weighted by molar-refractivity contribution is 5.75. The van der Waals surface area contributed by atoms with Gasteiger partial charge < -0.3 is 24.1 Å². The van der Waals surface area contributed by atoms with Crippen LogP contribution in [0.15, 0.2) is 36.8 Å². The van der Waals surface area contributed by atoms with E-state index in [1.807, 2.05) is 13.0 Å². The molecular weight excluding hydrogens is 328 g/mol. The molecule has 1 aromatic heterocycles. The highest BCUT2D eigenvalue weighted by atomic mass is 16.7. The smallest absolute Gasteiger partial charge is 0.349 e. The van der Waals surface area contributed by atoms with Crippen LogP contribution in [0.5, 0.6) is 11.6 Å². The molecule has 0 aliphatic carbocycles. The number of carboxylic acid groups (broad SMARTS) is 1. The topological polar surface area (TPSA) is 100 Å². The lowest BCUT2D eigenvalue weighted by Crippen LogP contribution is -2.23. The molecule has 0 saturated carbocycles. The average Bonchev–Trinajstić information content (AvgIpc) is 3.08. The van der Waals surface area contributed by atoms with Gasteiger partial charge in [0.2, 0.25) is 12.0 Å². The maximum Gasteiger partial charge on any atom is 0.349 e. The molecule has 8 nitrogen and oxygen atoms in total. The molecule has 1 saturated heterocycles. The van der Waals surface area contributed by atoms with Crippen LogP contribution in [0.3, 0.4) is 0 Å². The molecule has 1 atom stereocenters. The number of benzene rings is 1. The molecule has 1 aliphatic heterocycles. The third-order valence-corrected chi connectivity index (χ3v) is 3.85. The number of hydrogen-bond donors (Lipinski definition) is 1. The van der Waals surface area contributed by atoms with Gasteiger partial charge in [-0.15, -0.1) is 0 Å². The number of methoxy groups -OCH3 is 1. The zero-order valence-corrected chi connectivity index (χ0v) is 13.8. The first-order chi connectivity index (χ1) is 12.0. The van der Waals surface area contributed by atoms with Crippen LogP contribution in [-0.2, 0) is 20.1 Å². The largest absolute Gasteiger partial charge is 0.481 e. The SMILES string of the molecule is COc1ncncc1C(Oc1cccc(C2(C)OCCO2)c1)C(=O)O. The van der Waals surface area contributed by atoms with E-state index in [9.17, 15) is 9.90 Å². The maximum absolute atomic E-state index is 11.7. The van der Waals surface area contributed by atoms with Crippen molar-refractivity contribution in [2.24, 2.45) is 0 Å². The molecule has 25 heavy (non-hydrogen) atoms. The van der Waals surface area contributed by atoms with E-state index < -0.39 is 17.9 Å². The average molecular weight is 346 g/mol. The summed E-state index contributed by atoms with van der Waals surface area (Å²) in [7, 11) is 1.40. The molecule has 8 heteroatoms. The van der Waals surface area contributed by atoms with Gasteiger partial charge in [0, 0.05) is 11.8 Å². The molecule has 2 heterocycles. The van der Waals surface area contributed by atoms with Crippen LogP contribution < -0.4 is 9.47 Å². The zero-order valence-electron chi connectivity index (χ0n) is 13.8. The Labute approximate surface area is 144 Å². The van der Waals surface area contributed by atoms with Gasteiger partial charge >= 0.3 is 5.97 Å². The fourth-order valence-electron chi connectivity index (χ4n) is 2.60. The lowest BCUT2D eigenvalue weighted by atomic mass is 10.1. The standard InChI is InChI=1S/C17H18N2O6/c1-17(23-6-7-24-17)11-4-3-5-12(8-11)25-14(16(20)21)13-9-18-10-19-15(13)22-2/h3-5,8-10,14H,6-7H2,1-2H3,(H,20,21). The molecular formula is C17H18N2O6. The summed E-state index contributed by atoms with van der Waals surface area (Å²) in [5, 5.41) is 9.55. The van der Waals surface area contributed by atoms with Gasteiger partial charge in [-0.3, -0.25) is 0 Å². The first-order valence-electron chi connectivity index (χ1n) is 7.65. The van der Waals surface area contributed by atoms with E-state index in [0.29, 0.717) is 19.0 Å². The lowest BCUT2D eigenvalue weighted by Gasteiger charge is -2.24. The molecule has 132 valence electrons. The van der Waals surface area contributed by atoms with Crippen molar-refractivity contribution in [2.45, 2.75) is 18.8 Å². The number of ether oxygens (including phenoxy) is 4. The Morgan fingerprint density at radius 3 is 2.80 bits per heavy atom. The van der Waals surface area contributed by atoms with E-state index in [4.69, 9.17) is 18.9 Å². The van der Waals surface area contributed by atoms with Crippen LogP contribution >= 0.6 is 0 Å². The number of carboxylic acids is 1. The molecule has 2 aromatic rings. The highest BCUT2D eigenvalue weighted by Crippen LogP contribution is 2.34. The highest BCUT2D eigenvalue weighted by Gasteiger charge is 2.34. The van der Waals surface area contributed by atoms with Crippen molar-refractivity contribution in [3.63, 3.8) is 0 Å². The minimum absolute atomic E-state index is 0.146. The molecule has 0 amide bonds. The molecule has 1 fully saturated rings. The zero-order chi connectivity index (χ0) is 17.9. The molecule has 1 N–H and O–H groups in total. The van der Waals surface area contributed by atoms with Crippen LogP contribution in [-0.4, -0.2) is 41.4 Å². The normalized spacial score (nSPS) is 17.0. The van der Waals surface area contributed by atoms with Crippen molar-refractivity contribution in [1.82, 2.24) is 9.97 Å². The first kappa shape index (κ1) is 17.1. The van der Waals surface area contributed by atoms with Crippen molar-refractivity contribution >= 4 is 5.97 Å². The van der Waals surface area contributed by atoms with Crippen LogP contribution in [0.1, 0.15) is 24.2 Å². The second-order valence-electron chi connectivity index (χ2n) is 5.49. The van der Waals surface area contributed by atoms with E-state index >= 15 is 0 Å². The Morgan fingerprint density at radius 1 is 1.36 bits per heavy atom.